The molecular weight excluding hydrogens is 394 g/mol. The number of sulfonamides is 1. The van der Waals surface area contributed by atoms with E-state index in [-0.39, 0.29) is 21.3 Å². The van der Waals surface area contributed by atoms with E-state index in [9.17, 15) is 23.3 Å². The van der Waals surface area contributed by atoms with Crippen molar-refractivity contribution in [1.29, 1.82) is 0 Å². The normalized spacial score (nSPS) is 15.9. The topological polar surface area (TPSA) is 101 Å². The Balaban J connectivity index is 1.66. The number of nitro benzene ring substituents is 1. The maximum atomic E-state index is 12.9. The van der Waals surface area contributed by atoms with Crippen molar-refractivity contribution in [1.82, 2.24) is 9.21 Å². The van der Waals surface area contributed by atoms with Crippen molar-refractivity contribution in [3.63, 3.8) is 0 Å². The predicted molar refractivity (Wildman–Crippen MR) is 108 cm³/mol. The van der Waals surface area contributed by atoms with E-state index >= 15 is 0 Å². The molecule has 9 heteroatoms. The van der Waals surface area contributed by atoms with Crippen molar-refractivity contribution in [3.8, 4) is 0 Å². The standard InChI is InChI=1S/C20H23N3O5S/c1-15-18(4-3-5-20(15)23(25)26)14-21-10-12-22(13-11-21)29(27,28)19-8-6-17(7-9-19)16(2)24/h3-9H,10-14H2,1-2H3. The monoisotopic (exact) mass is 417 g/mol. The molecule has 0 aliphatic carbocycles. The third-order valence-corrected chi connectivity index (χ3v) is 7.15. The molecule has 154 valence electrons. The summed E-state index contributed by atoms with van der Waals surface area (Å²) in [5.74, 6) is -0.112. The lowest BCUT2D eigenvalue weighted by molar-refractivity contribution is -0.385. The minimum Gasteiger partial charge on any atom is -0.296 e. The van der Waals surface area contributed by atoms with E-state index in [2.05, 4.69) is 4.90 Å². The van der Waals surface area contributed by atoms with Crippen molar-refractivity contribution >= 4 is 21.5 Å². The summed E-state index contributed by atoms with van der Waals surface area (Å²) in [6, 6.07) is 11.0. The van der Waals surface area contributed by atoms with Crippen LogP contribution in [0.4, 0.5) is 5.69 Å². The predicted octanol–water partition coefficient (Wildman–Crippen LogP) is 2.61. The Labute approximate surface area is 169 Å². The van der Waals surface area contributed by atoms with Crippen molar-refractivity contribution in [2.45, 2.75) is 25.3 Å². The Bertz CT molecular complexity index is 1030. The first-order chi connectivity index (χ1) is 13.7. The number of piperazine rings is 1. The van der Waals surface area contributed by atoms with Crippen LogP contribution in [0.3, 0.4) is 0 Å². The van der Waals surface area contributed by atoms with Gasteiger partial charge in [0.15, 0.2) is 5.78 Å². The van der Waals surface area contributed by atoms with Gasteiger partial charge in [0.25, 0.3) is 5.69 Å². The first-order valence-corrected chi connectivity index (χ1v) is 10.7. The second-order valence-electron chi connectivity index (χ2n) is 7.08. The van der Waals surface area contributed by atoms with Gasteiger partial charge >= 0.3 is 0 Å². The van der Waals surface area contributed by atoms with Gasteiger partial charge in [0.1, 0.15) is 0 Å². The van der Waals surface area contributed by atoms with Crippen LogP contribution >= 0.6 is 0 Å². The molecule has 1 aliphatic rings. The molecule has 1 heterocycles. The highest BCUT2D eigenvalue weighted by Gasteiger charge is 2.29. The number of rotatable bonds is 6. The number of ketones is 1. The van der Waals surface area contributed by atoms with Gasteiger partial charge in [0.2, 0.25) is 10.0 Å². The first kappa shape index (κ1) is 21.1. The summed E-state index contributed by atoms with van der Waals surface area (Å²) in [6.45, 7) is 5.45. The number of nitro groups is 1. The zero-order valence-corrected chi connectivity index (χ0v) is 17.2. The van der Waals surface area contributed by atoms with E-state index in [0.717, 1.165) is 5.56 Å². The number of carbonyl (C=O) groups is 1. The maximum absolute atomic E-state index is 12.9. The summed E-state index contributed by atoms with van der Waals surface area (Å²) in [5, 5.41) is 11.1. The van der Waals surface area contributed by atoms with Crippen molar-refractivity contribution in [3.05, 3.63) is 69.3 Å². The minimum absolute atomic E-state index is 0.0951. The van der Waals surface area contributed by atoms with Gasteiger partial charge in [-0.2, -0.15) is 4.31 Å². The Morgan fingerprint density at radius 3 is 2.24 bits per heavy atom. The number of nitrogens with zero attached hydrogens (tertiary/aromatic N) is 3. The summed E-state index contributed by atoms with van der Waals surface area (Å²) in [5.41, 5.74) is 2.08. The smallest absolute Gasteiger partial charge is 0.272 e. The van der Waals surface area contributed by atoms with Gasteiger partial charge in [-0.3, -0.25) is 19.8 Å². The minimum atomic E-state index is -3.62. The second kappa shape index (κ2) is 8.40. The van der Waals surface area contributed by atoms with Gasteiger partial charge in [-0.25, -0.2) is 8.42 Å². The summed E-state index contributed by atoms with van der Waals surface area (Å²) in [7, 11) is -3.62. The molecule has 0 spiro atoms. The van der Waals surface area contributed by atoms with E-state index in [0.29, 0.717) is 43.9 Å². The Kier molecular flexibility index (Phi) is 6.11. The number of hydrogen-bond acceptors (Lipinski definition) is 6. The lowest BCUT2D eigenvalue weighted by Crippen LogP contribution is -2.48. The van der Waals surface area contributed by atoms with Gasteiger partial charge in [-0.15, -0.1) is 0 Å². The highest BCUT2D eigenvalue weighted by molar-refractivity contribution is 7.89. The van der Waals surface area contributed by atoms with E-state index in [1.807, 2.05) is 6.07 Å². The number of benzene rings is 2. The van der Waals surface area contributed by atoms with Crippen LogP contribution in [-0.4, -0.2) is 54.5 Å². The van der Waals surface area contributed by atoms with Crippen molar-refractivity contribution in [2.24, 2.45) is 0 Å². The Morgan fingerprint density at radius 2 is 1.69 bits per heavy atom. The van der Waals surface area contributed by atoms with Crippen LogP contribution in [0.25, 0.3) is 0 Å². The van der Waals surface area contributed by atoms with Crippen molar-refractivity contribution in [2.75, 3.05) is 26.2 Å². The molecule has 0 bridgehead atoms. The highest BCUT2D eigenvalue weighted by Crippen LogP contribution is 2.24. The molecule has 1 fully saturated rings. The van der Waals surface area contributed by atoms with Gasteiger partial charge in [0.05, 0.1) is 9.82 Å². The fourth-order valence-electron chi connectivity index (χ4n) is 3.42. The summed E-state index contributed by atoms with van der Waals surface area (Å²) in [4.78, 5) is 24.4. The molecule has 0 radical (unpaired) electrons. The molecule has 0 amide bonds. The van der Waals surface area contributed by atoms with E-state index in [4.69, 9.17) is 0 Å². The third kappa shape index (κ3) is 4.52. The fraction of sp³-hybridized carbons (Fsp3) is 0.350. The van der Waals surface area contributed by atoms with Gasteiger partial charge in [-0.1, -0.05) is 24.3 Å². The number of hydrogen-bond donors (Lipinski definition) is 0. The molecule has 0 unspecified atom stereocenters. The number of carbonyl (C=O) groups excluding carboxylic acids is 1. The van der Waals surface area contributed by atoms with Crippen LogP contribution in [0.2, 0.25) is 0 Å². The fourth-order valence-corrected chi connectivity index (χ4v) is 4.84. The van der Waals surface area contributed by atoms with Crippen LogP contribution in [0.5, 0.6) is 0 Å². The van der Waals surface area contributed by atoms with Gasteiger partial charge < -0.3 is 0 Å². The summed E-state index contributed by atoms with van der Waals surface area (Å²) >= 11 is 0. The third-order valence-electron chi connectivity index (χ3n) is 5.24. The molecule has 0 N–H and O–H groups in total. The molecule has 0 aromatic heterocycles. The average Bonchev–Trinajstić information content (AvgIpc) is 2.70. The van der Waals surface area contributed by atoms with E-state index < -0.39 is 10.0 Å². The first-order valence-electron chi connectivity index (χ1n) is 9.26. The zero-order valence-electron chi connectivity index (χ0n) is 16.4. The lowest BCUT2D eigenvalue weighted by atomic mass is 10.1. The van der Waals surface area contributed by atoms with Crippen LogP contribution in [0.1, 0.15) is 28.4 Å². The summed E-state index contributed by atoms with van der Waals surface area (Å²) in [6.07, 6.45) is 0. The quantitative estimate of drug-likeness (QED) is 0.407. The molecule has 3 rings (SSSR count). The number of Topliss-reactive ketones (excluding diaryl/α,β-unsaturated/α-hetero) is 1. The summed E-state index contributed by atoms with van der Waals surface area (Å²) < 4.78 is 27.1. The Morgan fingerprint density at radius 1 is 1.07 bits per heavy atom. The zero-order chi connectivity index (χ0) is 21.2. The molecule has 29 heavy (non-hydrogen) atoms. The van der Waals surface area contributed by atoms with Crippen LogP contribution in [-0.2, 0) is 16.6 Å². The molecule has 8 nitrogen and oxygen atoms in total. The SMILES string of the molecule is CC(=O)c1ccc(S(=O)(=O)N2CCN(Cc3cccc([N+](=O)[O-])c3C)CC2)cc1. The average molecular weight is 417 g/mol. The largest absolute Gasteiger partial charge is 0.296 e. The molecule has 0 atom stereocenters. The van der Waals surface area contributed by atoms with E-state index in [1.54, 1.807) is 13.0 Å². The molecule has 1 aliphatic heterocycles. The maximum Gasteiger partial charge on any atom is 0.272 e. The molecule has 2 aromatic carbocycles. The van der Waals surface area contributed by atoms with Crippen LogP contribution in [0, 0.1) is 17.0 Å². The second-order valence-corrected chi connectivity index (χ2v) is 9.02. The Hall–Kier alpha value is -2.62. The molecular formula is C20H23N3O5S. The lowest BCUT2D eigenvalue weighted by Gasteiger charge is -2.34. The van der Waals surface area contributed by atoms with Crippen LogP contribution in [0.15, 0.2) is 47.4 Å². The molecule has 0 saturated carbocycles. The van der Waals surface area contributed by atoms with Gasteiger partial charge in [0, 0.05) is 49.9 Å². The molecule has 2 aromatic rings. The molecule has 1 saturated heterocycles. The van der Waals surface area contributed by atoms with Crippen molar-refractivity contribution < 1.29 is 18.1 Å². The van der Waals surface area contributed by atoms with E-state index in [1.165, 1.54) is 41.6 Å². The van der Waals surface area contributed by atoms with Gasteiger partial charge in [-0.05, 0) is 31.5 Å². The van der Waals surface area contributed by atoms with Crippen LogP contribution < -0.4 is 0 Å². The highest BCUT2D eigenvalue weighted by atomic mass is 32.2.